The molecule has 0 heterocycles. The minimum Gasteiger partial charge on any atom is -0.299 e. The van der Waals surface area contributed by atoms with Gasteiger partial charge in [-0.3, -0.25) is 4.79 Å². The molecule has 0 aromatic rings. The Morgan fingerprint density at radius 2 is 1.82 bits per heavy atom. The van der Waals surface area contributed by atoms with Crippen LogP contribution in [-0.2, 0) is 4.79 Å². The van der Waals surface area contributed by atoms with Crippen LogP contribution >= 0.6 is 0 Å². The van der Waals surface area contributed by atoms with Crippen LogP contribution in [0, 0.1) is 23.7 Å². The average molecular weight is 151 g/mol. The zero-order chi connectivity index (χ0) is 8.29. The Labute approximate surface area is 68.6 Å². The molecule has 4 fully saturated rings. The molecular formula is C10H14O. The summed E-state index contributed by atoms with van der Waals surface area (Å²) in [5.74, 6) is 2.32. The van der Waals surface area contributed by atoms with Crippen molar-refractivity contribution in [2.24, 2.45) is 23.7 Å². The van der Waals surface area contributed by atoms with Gasteiger partial charge in [0.15, 0.2) is 0 Å². The highest BCUT2D eigenvalue weighted by Crippen LogP contribution is 2.51. The van der Waals surface area contributed by atoms with E-state index >= 15 is 0 Å². The fourth-order valence-corrected chi connectivity index (χ4v) is 3.35. The minimum atomic E-state index is -0.0368. The Balaban J connectivity index is 1.98. The van der Waals surface area contributed by atoms with Crippen molar-refractivity contribution >= 4 is 5.78 Å². The van der Waals surface area contributed by atoms with Gasteiger partial charge in [0.05, 0.1) is 0 Å². The molecule has 4 rings (SSSR count). The third-order valence-corrected chi connectivity index (χ3v) is 3.70. The van der Waals surface area contributed by atoms with Crippen molar-refractivity contribution in [3.63, 3.8) is 0 Å². The second-order valence-electron chi connectivity index (χ2n) is 4.47. The number of carbonyl (C=O) groups is 1. The molecule has 4 aliphatic rings. The van der Waals surface area contributed by atoms with Gasteiger partial charge in [-0.05, 0) is 43.9 Å². The number of rotatable bonds is 0. The first-order chi connectivity index (χ1) is 5.75. The lowest BCUT2D eigenvalue weighted by molar-refractivity contribution is -0.139. The summed E-state index contributed by atoms with van der Waals surface area (Å²) >= 11 is 0. The summed E-state index contributed by atoms with van der Waals surface area (Å²) < 4.78 is 7.91. The molecule has 4 bridgehead atoms. The van der Waals surface area contributed by atoms with E-state index in [0.29, 0.717) is 17.6 Å². The lowest BCUT2D eigenvalue weighted by Gasteiger charge is -2.48. The van der Waals surface area contributed by atoms with Gasteiger partial charge in [-0.15, -0.1) is 0 Å². The van der Waals surface area contributed by atoms with Gasteiger partial charge >= 0.3 is 0 Å². The second kappa shape index (κ2) is 1.88. The van der Waals surface area contributed by atoms with Crippen LogP contribution in [0.25, 0.3) is 0 Å². The van der Waals surface area contributed by atoms with Crippen molar-refractivity contribution in [1.82, 2.24) is 0 Å². The molecule has 1 heteroatoms. The first kappa shape index (κ1) is 5.34. The van der Waals surface area contributed by atoms with Crippen molar-refractivity contribution in [2.75, 3.05) is 0 Å². The molecule has 0 aromatic carbocycles. The molecule has 0 radical (unpaired) electrons. The SMILES string of the molecule is [2H][C@@H]1C2CC3CC(C2)C(=O)C1C3. The third kappa shape index (κ3) is 0.743. The van der Waals surface area contributed by atoms with Gasteiger partial charge in [0, 0.05) is 13.2 Å². The fraction of sp³-hybridized carbons (Fsp3) is 0.900. The van der Waals surface area contributed by atoms with E-state index in [1.54, 1.807) is 0 Å². The predicted octanol–water partition coefficient (Wildman–Crippen LogP) is 2.01. The van der Waals surface area contributed by atoms with Crippen LogP contribution in [0.2, 0.25) is 0 Å². The van der Waals surface area contributed by atoms with Crippen LogP contribution in [0.5, 0.6) is 0 Å². The van der Waals surface area contributed by atoms with Gasteiger partial charge in [-0.2, -0.15) is 0 Å². The Morgan fingerprint density at radius 3 is 2.73 bits per heavy atom. The maximum atomic E-state index is 11.7. The molecule has 60 valence electrons. The Morgan fingerprint density at radius 1 is 1.09 bits per heavy atom. The molecule has 0 spiro atoms. The Kier molecular flexibility index (Phi) is 0.912. The van der Waals surface area contributed by atoms with E-state index < -0.39 is 0 Å². The van der Waals surface area contributed by atoms with E-state index in [0.717, 1.165) is 25.2 Å². The Bertz CT molecular complexity index is 238. The van der Waals surface area contributed by atoms with Crippen molar-refractivity contribution in [2.45, 2.75) is 32.1 Å². The highest BCUT2D eigenvalue weighted by atomic mass is 16.1. The van der Waals surface area contributed by atoms with Crippen LogP contribution in [0.15, 0.2) is 0 Å². The number of carbonyl (C=O) groups excluding carboxylic acids is 1. The van der Waals surface area contributed by atoms with Crippen molar-refractivity contribution < 1.29 is 6.17 Å². The summed E-state index contributed by atoms with van der Waals surface area (Å²) in [7, 11) is 0. The molecule has 1 nitrogen and oxygen atoms in total. The van der Waals surface area contributed by atoms with Crippen molar-refractivity contribution in [1.29, 1.82) is 0 Å². The van der Waals surface area contributed by atoms with E-state index in [1.807, 2.05) is 0 Å². The summed E-state index contributed by atoms with van der Waals surface area (Å²) in [4.78, 5) is 11.7. The van der Waals surface area contributed by atoms with Crippen LogP contribution < -0.4 is 0 Å². The summed E-state index contributed by atoms with van der Waals surface area (Å²) in [5, 5.41) is 0. The summed E-state index contributed by atoms with van der Waals surface area (Å²) in [5.41, 5.74) is 0. The van der Waals surface area contributed by atoms with E-state index in [-0.39, 0.29) is 12.3 Å². The number of ketones is 1. The smallest absolute Gasteiger partial charge is 0.139 e. The van der Waals surface area contributed by atoms with Crippen molar-refractivity contribution in [3.05, 3.63) is 0 Å². The third-order valence-electron chi connectivity index (χ3n) is 3.70. The lowest BCUT2D eigenvalue weighted by atomic mass is 9.56. The van der Waals surface area contributed by atoms with E-state index in [4.69, 9.17) is 1.37 Å². The van der Waals surface area contributed by atoms with E-state index in [9.17, 15) is 4.79 Å². The average Bonchev–Trinajstić information content (AvgIpc) is 2.07. The van der Waals surface area contributed by atoms with Crippen LogP contribution in [0.3, 0.4) is 0 Å². The van der Waals surface area contributed by atoms with E-state index in [2.05, 4.69) is 0 Å². The second-order valence-corrected chi connectivity index (χ2v) is 4.47. The molecule has 4 aliphatic carbocycles. The quantitative estimate of drug-likeness (QED) is 0.517. The molecule has 0 saturated heterocycles. The molecule has 4 unspecified atom stereocenters. The van der Waals surface area contributed by atoms with Gasteiger partial charge < -0.3 is 0 Å². The predicted molar refractivity (Wildman–Crippen MR) is 42.1 cm³/mol. The minimum absolute atomic E-state index is 0.0368. The first-order valence-corrected chi connectivity index (χ1v) is 4.71. The van der Waals surface area contributed by atoms with Crippen LogP contribution in [0.1, 0.15) is 33.5 Å². The lowest BCUT2D eigenvalue weighted by Crippen LogP contribution is -2.45. The fourth-order valence-electron chi connectivity index (χ4n) is 3.35. The molecule has 5 atom stereocenters. The highest BCUT2D eigenvalue weighted by Gasteiger charge is 2.47. The number of hydrogen-bond donors (Lipinski definition) is 0. The normalized spacial score (nSPS) is 61.6. The highest BCUT2D eigenvalue weighted by molar-refractivity contribution is 5.85. The molecule has 0 aromatic heterocycles. The maximum Gasteiger partial charge on any atom is 0.139 e. The number of Topliss-reactive ketones (excluding diaryl/α,β-unsaturated/α-hetero) is 1. The van der Waals surface area contributed by atoms with Gasteiger partial charge in [0.1, 0.15) is 5.78 Å². The van der Waals surface area contributed by atoms with Gasteiger partial charge in [-0.25, -0.2) is 0 Å². The standard InChI is InChI=1S/C10H14O/c11-10-8-2-6-1-7(4-8)5-9(10)3-6/h6-9H,1-5H2/i2D/t2-,6?,7?,8?,9?/m1/s1. The molecule has 0 amide bonds. The van der Waals surface area contributed by atoms with Gasteiger partial charge in [0.2, 0.25) is 0 Å². The van der Waals surface area contributed by atoms with Gasteiger partial charge in [-0.1, -0.05) is 0 Å². The van der Waals surface area contributed by atoms with Crippen LogP contribution in [-0.4, -0.2) is 5.78 Å². The van der Waals surface area contributed by atoms with E-state index in [1.165, 1.54) is 6.42 Å². The molecule has 0 N–H and O–H groups in total. The summed E-state index contributed by atoms with van der Waals surface area (Å²) in [6, 6.07) is 0. The van der Waals surface area contributed by atoms with Crippen molar-refractivity contribution in [3.8, 4) is 0 Å². The molecule has 4 saturated carbocycles. The Hall–Kier alpha value is -0.330. The first-order valence-electron chi connectivity index (χ1n) is 5.29. The molecule has 0 aliphatic heterocycles. The molecule has 11 heavy (non-hydrogen) atoms. The number of hydrogen-bond acceptors (Lipinski definition) is 1. The summed E-state index contributed by atoms with van der Waals surface area (Å²) in [6.07, 6.45) is 4.44. The summed E-state index contributed by atoms with van der Waals surface area (Å²) in [6.45, 7) is 0. The topological polar surface area (TPSA) is 17.1 Å². The molecular weight excluding hydrogens is 136 g/mol. The zero-order valence-electron chi connectivity index (χ0n) is 7.62. The monoisotopic (exact) mass is 151 g/mol. The largest absolute Gasteiger partial charge is 0.299 e. The van der Waals surface area contributed by atoms with Crippen LogP contribution in [0.4, 0.5) is 0 Å². The van der Waals surface area contributed by atoms with Gasteiger partial charge in [0.25, 0.3) is 0 Å². The maximum absolute atomic E-state index is 11.7. The zero-order valence-corrected chi connectivity index (χ0v) is 6.62.